The maximum Gasteiger partial charge on any atom is 0.410 e. The summed E-state index contributed by atoms with van der Waals surface area (Å²) in [6, 6.07) is 8.86. The number of ether oxygens (including phenoxy) is 2. The van der Waals surface area contributed by atoms with Crippen LogP contribution in [0.15, 0.2) is 24.3 Å². The third-order valence-corrected chi connectivity index (χ3v) is 5.48. The molecule has 1 aromatic rings. The normalized spacial score (nSPS) is 16.9. The molecule has 0 radical (unpaired) electrons. The first-order chi connectivity index (χ1) is 13.2. The van der Waals surface area contributed by atoms with Gasteiger partial charge in [-0.25, -0.2) is 4.79 Å². The summed E-state index contributed by atoms with van der Waals surface area (Å²) in [5.41, 5.74) is 0.913. The average Bonchev–Trinajstić information content (AvgIpc) is 2.65. The zero-order chi connectivity index (χ0) is 20.7. The molecule has 1 heterocycles. The van der Waals surface area contributed by atoms with E-state index < -0.39 is 5.60 Å². The average molecular weight is 391 g/mol. The van der Waals surface area contributed by atoms with E-state index in [1.165, 1.54) is 5.56 Å². The number of hydrogen-bond donors (Lipinski definition) is 0. The molecule has 0 N–H and O–H groups in total. The molecule has 0 spiro atoms. The minimum Gasteiger partial charge on any atom is -0.497 e. The van der Waals surface area contributed by atoms with E-state index in [9.17, 15) is 4.79 Å². The predicted octanol–water partition coefficient (Wildman–Crippen LogP) is 4.60. The topological polar surface area (TPSA) is 42.0 Å². The van der Waals surface area contributed by atoms with Gasteiger partial charge in [0.1, 0.15) is 11.4 Å². The molecule has 0 saturated carbocycles. The number of hydrogen-bond acceptors (Lipinski definition) is 4. The summed E-state index contributed by atoms with van der Waals surface area (Å²) in [6.45, 7) is 14.0. The van der Waals surface area contributed by atoms with Gasteiger partial charge in [0.15, 0.2) is 0 Å². The number of rotatable bonds is 7. The molecular formula is C23H38N2O3. The van der Waals surface area contributed by atoms with E-state index in [2.05, 4.69) is 30.9 Å². The molecule has 28 heavy (non-hydrogen) atoms. The van der Waals surface area contributed by atoms with E-state index in [4.69, 9.17) is 9.47 Å². The van der Waals surface area contributed by atoms with Crippen LogP contribution in [0.4, 0.5) is 4.79 Å². The van der Waals surface area contributed by atoms with Gasteiger partial charge in [-0.1, -0.05) is 19.1 Å². The first kappa shape index (κ1) is 22.5. The maximum absolute atomic E-state index is 12.2. The van der Waals surface area contributed by atoms with Gasteiger partial charge in [-0.3, -0.25) is 0 Å². The second-order valence-electron chi connectivity index (χ2n) is 8.90. The molecule has 1 unspecified atom stereocenters. The van der Waals surface area contributed by atoms with E-state index in [0.717, 1.165) is 51.2 Å². The molecule has 1 aliphatic rings. The number of benzene rings is 1. The summed E-state index contributed by atoms with van der Waals surface area (Å²) in [6.07, 6.45) is 2.95. The zero-order valence-corrected chi connectivity index (χ0v) is 18.5. The third kappa shape index (κ3) is 7.01. The first-order valence-electron chi connectivity index (χ1n) is 10.6. The first-order valence-corrected chi connectivity index (χ1v) is 10.6. The quantitative estimate of drug-likeness (QED) is 0.683. The summed E-state index contributed by atoms with van der Waals surface area (Å²) in [5.74, 6) is 1.54. The van der Waals surface area contributed by atoms with Crippen molar-refractivity contribution in [2.24, 2.45) is 5.92 Å². The van der Waals surface area contributed by atoms with Gasteiger partial charge >= 0.3 is 6.09 Å². The van der Waals surface area contributed by atoms with Gasteiger partial charge in [0.25, 0.3) is 0 Å². The van der Waals surface area contributed by atoms with Gasteiger partial charge in [0.05, 0.1) is 7.11 Å². The molecule has 1 aromatic carbocycles. The lowest BCUT2D eigenvalue weighted by Gasteiger charge is -2.37. The second kappa shape index (κ2) is 10.1. The number of likely N-dealkylation sites (N-methyl/N-ethyl adjacent to an activating group) is 1. The van der Waals surface area contributed by atoms with E-state index in [0.29, 0.717) is 12.0 Å². The number of piperidine rings is 1. The molecule has 1 saturated heterocycles. The van der Waals surface area contributed by atoms with Crippen molar-refractivity contribution in [1.82, 2.24) is 9.80 Å². The Hall–Kier alpha value is -1.75. The standard InChI is InChI=1S/C23H38N2O3/c1-7-24(18(2)16-19-8-10-21(27-6)11-9-19)17-20-12-14-25(15-13-20)22(26)28-23(3,4)5/h8-11,18,20H,7,12-17H2,1-6H3. The zero-order valence-electron chi connectivity index (χ0n) is 18.5. The Balaban J connectivity index is 1.81. The lowest BCUT2D eigenvalue weighted by Crippen LogP contribution is -2.45. The molecule has 1 atom stereocenters. The molecule has 0 aromatic heterocycles. The van der Waals surface area contributed by atoms with Crippen LogP contribution < -0.4 is 4.74 Å². The second-order valence-corrected chi connectivity index (χ2v) is 8.90. The number of amides is 1. The summed E-state index contributed by atoms with van der Waals surface area (Å²) in [5, 5.41) is 0. The molecule has 5 heteroatoms. The molecule has 1 fully saturated rings. The highest BCUT2D eigenvalue weighted by atomic mass is 16.6. The Labute approximate surface area is 171 Å². The van der Waals surface area contributed by atoms with E-state index in [1.807, 2.05) is 37.8 Å². The minimum atomic E-state index is -0.427. The number of carbonyl (C=O) groups excluding carboxylic acids is 1. The van der Waals surface area contributed by atoms with Gasteiger partial charge in [-0.05, 0) is 77.1 Å². The summed E-state index contributed by atoms with van der Waals surface area (Å²) >= 11 is 0. The molecule has 5 nitrogen and oxygen atoms in total. The fraction of sp³-hybridized carbons (Fsp3) is 0.696. The predicted molar refractivity (Wildman–Crippen MR) is 114 cm³/mol. The Bertz CT molecular complexity index is 601. The molecule has 0 bridgehead atoms. The van der Waals surface area contributed by atoms with Crippen molar-refractivity contribution in [3.63, 3.8) is 0 Å². The smallest absolute Gasteiger partial charge is 0.410 e. The van der Waals surface area contributed by atoms with Crippen LogP contribution >= 0.6 is 0 Å². The highest BCUT2D eigenvalue weighted by Gasteiger charge is 2.28. The number of methoxy groups -OCH3 is 1. The Morgan fingerprint density at radius 1 is 1.21 bits per heavy atom. The summed E-state index contributed by atoms with van der Waals surface area (Å²) in [4.78, 5) is 16.7. The van der Waals surface area contributed by atoms with Gasteiger partial charge in [-0.15, -0.1) is 0 Å². The Morgan fingerprint density at radius 3 is 2.32 bits per heavy atom. The van der Waals surface area contributed by atoms with E-state index in [-0.39, 0.29) is 6.09 Å². The molecular weight excluding hydrogens is 352 g/mol. The summed E-state index contributed by atoms with van der Waals surface area (Å²) in [7, 11) is 1.70. The highest BCUT2D eigenvalue weighted by molar-refractivity contribution is 5.68. The summed E-state index contributed by atoms with van der Waals surface area (Å²) < 4.78 is 10.8. The van der Waals surface area contributed by atoms with E-state index >= 15 is 0 Å². The Kier molecular flexibility index (Phi) is 8.17. The van der Waals surface area contributed by atoms with Crippen LogP contribution in [0.5, 0.6) is 5.75 Å². The van der Waals surface area contributed by atoms with Crippen LogP contribution in [-0.2, 0) is 11.2 Å². The lowest BCUT2D eigenvalue weighted by atomic mass is 9.95. The van der Waals surface area contributed by atoms with Crippen molar-refractivity contribution in [3.05, 3.63) is 29.8 Å². The van der Waals surface area contributed by atoms with E-state index in [1.54, 1.807) is 7.11 Å². The molecule has 1 amide bonds. The number of likely N-dealkylation sites (tertiary alicyclic amines) is 1. The monoisotopic (exact) mass is 390 g/mol. The molecule has 1 aliphatic heterocycles. The van der Waals surface area contributed by atoms with Crippen molar-refractivity contribution in [3.8, 4) is 5.75 Å². The van der Waals surface area contributed by atoms with Crippen LogP contribution in [0.2, 0.25) is 0 Å². The highest BCUT2D eigenvalue weighted by Crippen LogP contribution is 2.22. The SMILES string of the molecule is CCN(CC1CCN(C(=O)OC(C)(C)C)CC1)C(C)Cc1ccc(OC)cc1. The van der Waals surface area contributed by atoms with Crippen LogP contribution in [0.25, 0.3) is 0 Å². The van der Waals surface area contributed by atoms with Crippen LogP contribution in [-0.4, -0.2) is 60.8 Å². The van der Waals surface area contributed by atoms with Crippen LogP contribution in [0.3, 0.4) is 0 Å². The van der Waals surface area contributed by atoms with Crippen LogP contribution in [0.1, 0.15) is 53.0 Å². The van der Waals surface area contributed by atoms with Gasteiger partial charge in [-0.2, -0.15) is 0 Å². The fourth-order valence-electron chi connectivity index (χ4n) is 3.81. The molecule has 0 aliphatic carbocycles. The third-order valence-electron chi connectivity index (χ3n) is 5.48. The van der Waals surface area contributed by atoms with Crippen molar-refractivity contribution in [1.29, 1.82) is 0 Å². The number of nitrogens with zero attached hydrogens (tertiary/aromatic N) is 2. The van der Waals surface area contributed by atoms with Crippen LogP contribution in [0, 0.1) is 5.92 Å². The van der Waals surface area contributed by atoms with Gasteiger partial charge in [0.2, 0.25) is 0 Å². The molecule has 2 rings (SSSR count). The lowest BCUT2D eigenvalue weighted by molar-refractivity contribution is 0.0164. The molecule has 158 valence electrons. The largest absolute Gasteiger partial charge is 0.497 e. The van der Waals surface area contributed by atoms with Gasteiger partial charge in [0, 0.05) is 25.7 Å². The van der Waals surface area contributed by atoms with Crippen molar-refractivity contribution in [2.75, 3.05) is 33.3 Å². The van der Waals surface area contributed by atoms with Gasteiger partial charge < -0.3 is 19.3 Å². The number of carbonyl (C=O) groups is 1. The van der Waals surface area contributed by atoms with Crippen molar-refractivity contribution >= 4 is 6.09 Å². The van der Waals surface area contributed by atoms with Crippen molar-refractivity contribution < 1.29 is 14.3 Å². The Morgan fingerprint density at radius 2 is 1.82 bits per heavy atom. The fourth-order valence-corrected chi connectivity index (χ4v) is 3.81. The minimum absolute atomic E-state index is 0.175. The maximum atomic E-state index is 12.2. The van der Waals surface area contributed by atoms with Crippen molar-refractivity contribution in [2.45, 2.75) is 65.5 Å².